The van der Waals surface area contributed by atoms with Crippen molar-refractivity contribution in [2.75, 3.05) is 32.9 Å². The van der Waals surface area contributed by atoms with Crippen LogP contribution in [-0.2, 0) is 27.4 Å². The molecule has 0 aliphatic carbocycles. The van der Waals surface area contributed by atoms with Crippen molar-refractivity contribution in [3.8, 4) is 11.8 Å². The first kappa shape index (κ1) is 22.0. The highest BCUT2D eigenvalue weighted by Gasteiger charge is 2.17. The summed E-state index contributed by atoms with van der Waals surface area (Å²) in [6.45, 7) is 4.09. The van der Waals surface area contributed by atoms with E-state index in [0.717, 1.165) is 49.5 Å². The molecule has 30 heavy (non-hydrogen) atoms. The number of ether oxygens (including phenoxy) is 2. The summed E-state index contributed by atoms with van der Waals surface area (Å²) in [4.78, 5) is 13.7. The molecule has 1 saturated heterocycles. The third kappa shape index (κ3) is 6.66. The Labute approximate surface area is 176 Å². The third-order valence-electron chi connectivity index (χ3n) is 4.79. The fourth-order valence-electron chi connectivity index (χ4n) is 3.02. The summed E-state index contributed by atoms with van der Waals surface area (Å²) >= 11 is 0. The van der Waals surface area contributed by atoms with Gasteiger partial charge in [-0.05, 0) is 35.4 Å². The Kier molecular flexibility index (Phi) is 8.39. The maximum Gasteiger partial charge on any atom is 0.274 e. The maximum atomic E-state index is 11.3. The van der Waals surface area contributed by atoms with Gasteiger partial charge in [0, 0.05) is 30.8 Å². The molecule has 0 saturated carbocycles. The Morgan fingerprint density at radius 2 is 1.60 bits per heavy atom. The number of morpholine rings is 1. The highest BCUT2D eigenvalue weighted by molar-refractivity contribution is 5.79. The lowest BCUT2D eigenvalue weighted by atomic mass is 10.1. The topological polar surface area (TPSA) is 91.3 Å². The summed E-state index contributed by atoms with van der Waals surface area (Å²) in [7, 11) is 0. The first-order valence-corrected chi connectivity index (χ1v) is 9.84. The summed E-state index contributed by atoms with van der Waals surface area (Å²) in [5.41, 5.74) is 5.38. The molecule has 1 atom stereocenters. The minimum absolute atomic E-state index is 0.136. The summed E-state index contributed by atoms with van der Waals surface area (Å²) in [6.07, 6.45) is -1.11. The zero-order valence-electron chi connectivity index (χ0n) is 16.7. The van der Waals surface area contributed by atoms with E-state index in [2.05, 4.69) is 28.9 Å². The molecular formula is C23H26N2O5. The van der Waals surface area contributed by atoms with Crippen LogP contribution >= 0.6 is 0 Å². The van der Waals surface area contributed by atoms with E-state index in [9.17, 15) is 4.79 Å². The molecule has 7 heteroatoms. The van der Waals surface area contributed by atoms with Gasteiger partial charge >= 0.3 is 0 Å². The Morgan fingerprint density at radius 1 is 1.03 bits per heavy atom. The van der Waals surface area contributed by atoms with E-state index in [4.69, 9.17) is 19.8 Å². The number of hydrogen-bond donors (Lipinski definition) is 3. The Hall–Kier alpha value is -2.73. The number of nitrogens with one attached hydrogen (secondary N) is 1. The van der Waals surface area contributed by atoms with Crippen molar-refractivity contribution < 1.29 is 24.6 Å². The summed E-state index contributed by atoms with van der Waals surface area (Å²) in [5, 5.41) is 17.7. The Balaban J connectivity index is 1.52. The first-order chi connectivity index (χ1) is 14.7. The van der Waals surface area contributed by atoms with Crippen molar-refractivity contribution in [1.29, 1.82) is 0 Å². The summed E-state index contributed by atoms with van der Waals surface area (Å²) in [5.74, 6) is 5.52. The molecule has 1 aliphatic rings. The number of rotatable bonds is 7. The first-order valence-electron chi connectivity index (χ1n) is 9.84. The number of nitrogens with zero attached hydrogens (tertiary/aromatic N) is 1. The van der Waals surface area contributed by atoms with Crippen LogP contribution in [0.25, 0.3) is 0 Å². The number of carbonyl (C=O) groups excluding carboxylic acids is 1. The molecule has 2 aromatic rings. The predicted molar refractivity (Wildman–Crippen MR) is 111 cm³/mol. The average molecular weight is 410 g/mol. The van der Waals surface area contributed by atoms with Crippen molar-refractivity contribution in [3.05, 3.63) is 70.8 Å². The number of carbonyl (C=O) groups is 1. The SMILES string of the molecule is O=C(NO)[C@@H](CO)OCc1ccc(C#Cc2ccc(CN3CCOCC3)cc2)cc1. The predicted octanol–water partition coefficient (Wildman–Crippen LogP) is 1.30. The lowest BCUT2D eigenvalue weighted by Gasteiger charge is -2.26. The second-order valence-electron chi connectivity index (χ2n) is 6.99. The molecule has 1 heterocycles. The quantitative estimate of drug-likeness (QED) is 0.362. The monoisotopic (exact) mass is 410 g/mol. The van der Waals surface area contributed by atoms with Gasteiger partial charge in [-0.2, -0.15) is 0 Å². The van der Waals surface area contributed by atoms with Gasteiger partial charge in [-0.15, -0.1) is 0 Å². The maximum absolute atomic E-state index is 11.3. The van der Waals surface area contributed by atoms with Crippen LogP contribution in [0.4, 0.5) is 0 Å². The van der Waals surface area contributed by atoms with Gasteiger partial charge in [0.15, 0.2) is 6.10 Å². The lowest BCUT2D eigenvalue weighted by Crippen LogP contribution is -2.36. The molecule has 0 radical (unpaired) electrons. The van der Waals surface area contributed by atoms with Gasteiger partial charge in [0.2, 0.25) is 0 Å². The number of aliphatic hydroxyl groups is 1. The highest BCUT2D eigenvalue weighted by atomic mass is 16.5. The van der Waals surface area contributed by atoms with Gasteiger partial charge in [-0.3, -0.25) is 14.9 Å². The second kappa shape index (κ2) is 11.5. The summed E-state index contributed by atoms with van der Waals surface area (Å²) < 4.78 is 10.7. The van der Waals surface area contributed by atoms with E-state index in [0.29, 0.717) is 0 Å². The zero-order valence-corrected chi connectivity index (χ0v) is 16.7. The van der Waals surface area contributed by atoms with Gasteiger partial charge in [-0.25, -0.2) is 5.48 Å². The third-order valence-corrected chi connectivity index (χ3v) is 4.79. The van der Waals surface area contributed by atoms with Crippen LogP contribution in [0.3, 0.4) is 0 Å². The van der Waals surface area contributed by atoms with Crippen molar-refractivity contribution in [1.82, 2.24) is 10.4 Å². The molecular weight excluding hydrogens is 384 g/mol. The second-order valence-corrected chi connectivity index (χ2v) is 6.99. The van der Waals surface area contributed by atoms with Crippen LogP contribution in [0.1, 0.15) is 22.3 Å². The average Bonchev–Trinajstić information content (AvgIpc) is 2.80. The molecule has 158 valence electrons. The van der Waals surface area contributed by atoms with Crippen molar-refractivity contribution in [2.45, 2.75) is 19.3 Å². The largest absolute Gasteiger partial charge is 0.393 e. The van der Waals surface area contributed by atoms with E-state index in [1.807, 2.05) is 36.4 Å². The fraction of sp³-hybridized carbons (Fsp3) is 0.348. The lowest BCUT2D eigenvalue weighted by molar-refractivity contribution is -0.144. The van der Waals surface area contributed by atoms with Crippen LogP contribution in [0.5, 0.6) is 0 Å². The van der Waals surface area contributed by atoms with Crippen LogP contribution in [0.15, 0.2) is 48.5 Å². The van der Waals surface area contributed by atoms with Crippen LogP contribution in [-0.4, -0.2) is 60.1 Å². The standard InChI is InChI=1S/C23H26N2O5/c26-16-22(23(27)24-28)30-17-21-9-5-19(6-10-21)2-1-18-3-7-20(8-4-18)15-25-11-13-29-14-12-25/h3-10,22,26,28H,11-17H2,(H,24,27)/t22-/m1/s1. The van der Waals surface area contributed by atoms with E-state index < -0.39 is 18.6 Å². The number of amides is 1. The van der Waals surface area contributed by atoms with Gasteiger partial charge < -0.3 is 14.6 Å². The molecule has 7 nitrogen and oxygen atoms in total. The molecule has 1 amide bonds. The molecule has 0 bridgehead atoms. The smallest absolute Gasteiger partial charge is 0.274 e. The minimum atomic E-state index is -1.11. The van der Waals surface area contributed by atoms with Crippen LogP contribution in [0, 0.1) is 11.8 Å². The van der Waals surface area contributed by atoms with Crippen LogP contribution in [0.2, 0.25) is 0 Å². The van der Waals surface area contributed by atoms with Crippen molar-refractivity contribution in [3.63, 3.8) is 0 Å². The van der Waals surface area contributed by atoms with E-state index in [-0.39, 0.29) is 6.61 Å². The summed E-state index contributed by atoms with van der Waals surface area (Å²) in [6, 6.07) is 15.7. The normalized spacial score (nSPS) is 15.1. The van der Waals surface area contributed by atoms with Crippen molar-refractivity contribution in [2.24, 2.45) is 0 Å². The fourth-order valence-corrected chi connectivity index (χ4v) is 3.02. The Bertz CT molecular complexity index is 865. The number of benzene rings is 2. The van der Waals surface area contributed by atoms with E-state index in [1.54, 1.807) is 0 Å². The number of hydroxylamine groups is 1. The van der Waals surface area contributed by atoms with Gasteiger partial charge in [0.1, 0.15) is 0 Å². The molecule has 0 aromatic heterocycles. The molecule has 0 unspecified atom stereocenters. The highest BCUT2D eigenvalue weighted by Crippen LogP contribution is 2.10. The molecule has 3 N–H and O–H groups in total. The number of hydrogen-bond acceptors (Lipinski definition) is 6. The van der Waals surface area contributed by atoms with Crippen molar-refractivity contribution >= 4 is 5.91 Å². The van der Waals surface area contributed by atoms with Crippen LogP contribution < -0.4 is 5.48 Å². The van der Waals surface area contributed by atoms with Gasteiger partial charge in [0.25, 0.3) is 5.91 Å². The van der Waals surface area contributed by atoms with Gasteiger partial charge in [0.05, 0.1) is 26.4 Å². The Morgan fingerprint density at radius 3 is 2.13 bits per heavy atom. The van der Waals surface area contributed by atoms with E-state index in [1.165, 1.54) is 11.0 Å². The zero-order chi connectivity index (χ0) is 21.2. The number of aliphatic hydroxyl groups excluding tert-OH is 1. The molecule has 0 spiro atoms. The molecule has 1 aliphatic heterocycles. The molecule has 1 fully saturated rings. The minimum Gasteiger partial charge on any atom is -0.393 e. The molecule has 2 aromatic carbocycles. The molecule has 3 rings (SSSR count). The van der Waals surface area contributed by atoms with Gasteiger partial charge in [-0.1, -0.05) is 36.1 Å². The van der Waals surface area contributed by atoms with E-state index >= 15 is 0 Å².